The molecule has 0 aliphatic carbocycles. The Morgan fingerprint density at radius 1 is 1.47 bits per heavy atom. The fourth-order valence-electron chi connectivity index (χ4n) is 1.62. The van der Waals surface area contributed by atoms with E-state index in [-0.39, 0.29) is 12.5 Å². The van der Waals surface area contributed by atoms with Gasteiger partial charge in [-0.1, -0.05) is 6.92 Å². The van der Waals surface area contributed by atoms with Gasteiger partial charge in [-0.15, -0.1) is 0 Å². The average Bonchev–Trinajstić information content (AvgIpc) is 2.82. The van der Waals surface area contributed by atoms with Gasteiger partial charge in [0.25, 0.3) is 0 Å². The molecule has 0 fully saturated rings. The molecular formula is C13H21N5O. The molecular weight excluding hydrogens is 242 g/mol. The molecule has 0 radical (unpaired) electrons. The van der Waals surface area contributed by atoms with E-state index in [0.29, 0.717) is 13.0 Å². The first kappa shape index (κ1) is 15.2. The topological polar surface area (TPSA) is 82.7 Å². The number of nitriles is 1. The highest BCUT2D eigenvalue weighted by Crippen LogP contribution is 1.97. The molecule has 6 nitrogen and oxygen atoms in total. The zero-order valence-corrected chi connectivity index (χ0v) is 11.4. The molecule has 1 aromatic heterocycles. The highest BCUT2D eigenvalue weighted by Gasteiger charge is 2.03. The summed E-state index contributed by atoms with van der Waals surface area (Å²) in [5.41, 5.74) is 0.980. The minimum absolute atomic E-state index is 0.0942. The van der Waals surface area contributed by atoms with Crippen molar-refractivity contribution in [2.45, 2.75) is 32.7 Å². The third-order valence-corrected chi connectivity index (χ3v) is 2.56. The Morgan fingerprint density at radius 2 is 2.32 bits per heavy atom. The van der Waals surface area contributed by atoms with Crippen molar-refractivity contribution in [3.8, 4) is 6.07 Å². The molecule has 6 heteroatoms. The number of rotatable bonds is 9. The molecule has 0 unspecified atom stereocenters. The predicted molar refractivity (Wildman–Crippen MR) is 72.3 cm³/mol. The Labute approximate surface area is 113 Å². The molecule has 0 spiro atoms. The highest BCUT2D eigenvalue weighted by atomic mass is 16.1. The lowest BCUT2D eigenvalue weighted by Gasteiger charge is -2.03. The van der Waals surface area contributed by atoms with Crippen molar-refractivity contribution in [3.63, 3.8) is 0 Å². The van der Waals surface area contributed by atoms with E-state index in [9.17, 15) is 4.79 Å². The SMILES string of the molecule is CCCNCCc1cn(CC(=O)NCCC#N)cn1. The number of hydrogen-bond donors (Lipinski definition) is 2. The van der Waals surface area contributed by atoms with Crippen LogP contribution in [-0.4, -0.2) is 35.1 Å². The van der Waals surface area contributed by atoms with Crippen LogP contribution in [0.15, 0.2) is 12.5 Å². The monoisotopic (exact) mass is 263 g/mol. The molecule has 0 atom stereocenters. The Kier molecular flexibility index (Phi) is 7.28. The fourth-order valence-corrected chi connectivity index (χ4v) is 1.62. The van der Waals surface area contributed by atoms with Crippen molar-refractivity contribution in [1.29, 1.82) is 5.26 Å². The summed E-state index contributed by atoms with van der Waals surface area (Å²) in [6, 6.07) is 1.98. The van der Waals surface area contributed by atoms with Crippen LogP contribution in [-0.2, 0) is 17.8 Å². The molecule has 1 amide bonds. The summed E-state index contributed by atoms with van der Waals surface area (Å²) in [5.74, 6) is -0.0942. The van der Waals surface area contributed by atoms with Gasteiger partial charge in [0.05, 0.1) is 24.5 Å². The molecule has 1 rings (SSSR count). The molecule has 0 aromatic carbocycles. The standard InChI is InChI=1S/C13H21N5O/c1-2-6-15-8-4-12-9-18(11-17-12)10-13(19)16-7-3-5-14/h9,11,15H,2-4,6-8,10H2,1H3,(H,16,19). The summed E-state index contributed by atoms with van der Waals surface area (Å²) in [5, 5.41) is 14.4. The number of imidazole rings is 1. The molecule has 0 saturated carbocycles. The van der Waals surface area contributed by atoms with Crippen molar-refractivity contribution < 1.29 is 4.79 Å². The molecule has 0 saturated heterocycles. The van der Waals surface area contributed by atoms with Gasteiger partial charge in [0.15, 0.2) is 0 Å². The van der Waals surface area contributed by atoms with E-state index >= 15 is 0 Å². The highest BCUT2D eigenvalue weighted by molar-refractivity contribution is 5.75. The van der Waals surface area contributed by atoms with Gasteiger partial charge >= 0.3 is 0 Å². The van der Waals surface area contributed by atoms with Crippen LogP contribution < -0.4 is 10.6 Å². The maximum absolute atomic E-state index is 11.5. The smallest absolute Gasteiger partial charge is 0.240 e. The zero-order valence-electron chi connectivity index (χ0n) is 11.4. The number of carbonyl (C=O) groups excluding carboxylic acids is 1. The molecule has 104 valence electrons. The molecule has 0 aliphatic heterocycles. The van der Waals surface area contributed by atoms with Crippen LogP contribution in [0.4, 0.5) is 0 Å². The molecule has 0 bridgehead atoms. The number of nitrogens with one attached hydrogen (secondary N) is 2. The lowest BCUT2D eigenvalue weighted by molar-refractivity contribution is -0.121. The molecule has 1 heterocycles. The summed E-state index contributed by atoms with van der Waals surface area (Å²) in [6.07, 6.45) is 5.88. The minimum Gasteiger partial charge on any atom is -0.354 e. The second-order valence-electron chi connectivity index (χ2n) is 4.30. The van der Waals surface area contributed by atoms with Crippen LogP contribution in [0.2, 0.25) is 0 Å². The van der Waals surface area contributed by atoms with Crippen LogP contribution in [0.1, 0.15) is 25.5 Å². The second kappa shape index (κ2) is 9.11. The molecule has 1 aromatic rings. The van der Waals surface area contributed by atoms with Crippen molar-refractivity contribution in [2.24, 2.45) is 0 Å². The third-order valence-electron chi connectivity index (χ3n) is 2.56. The van der Waals surface area contributed by atoms with Crippen LogP contribution in [0, 0.1) is 11.3 Å². The average molecular weight is 263 g/mol. The first-order chi connectivity index (χ1) is 9.26. The Hall–Kier alpha value is -1.87. The summed E-state index contributed by atoms with van der Waals surface area (Å²) in [4.78, 5) is 15.8. The number of amides is 1. The summed E-state index contributed by atoms with van der Waals surface area (Å²) < 4.78 is 1.76. The lowest BCUT2D eigenvalue weighted by Crippen LogP contribution is -2.27. The minimum atomic E-state index is -0.0942. The van der Waals surface area contributed by atoms with Crippen molar-refractivity contribution in [3.05, 3.63) is 18.2 Å². The van der Waals surface area contributed by atoms with Gasteiger partial charge in [-0.05, 0) is 13.0 Å². The molecule has 2 N–H and O–H groups in total. The van der Waals surface area contributed by atoms with Crippen LogP contribution in [0.25, 0.3) is 0 Å². The summed E-state index contributed by atoms with van der Waals surface area (Å²) >= 11 is 0. The van der Waals surface area contributed by atoms with Crippen molar-refractivity contribution >= 4 is 5.91 Å². The van der Waals surface area contributed by atoms with Crippen LogP contribution in [0.5, 0.6) is 0 Å². The number of carbonyl (C=O) groups is 1. The van der Waals surface area contributed by atoms with Gasteiger partial charge in [-0.25, -0.2) is 4.98 Å². The van der Waals surface area contributed by atoms with E-state index in [4.69, 9.17) is 5.26 Å². The van der Waals surface area contributed by atoms with E-state index in [1.165, 1.54) is 0 Å². The van der Waals surface area contributed by atoms with Gasteiger partial charge in [0.2, 0.25) is 5.91 Å². The molecule has 19 heavy (non-hydrogen) atoms. The quantitative estimate of drug-likeness (QED) is 0.634. The first-order valence-corrected chi connectivity index (χ1v) is 6.61. The third kappa shape index (κ3) is 6.58. The van der Waals surface area contributed by atoms with Gasteiger partial charge in [0, 0.05) is 25.7 Å². The normalized spacial score (nSPS) is 10.1. The van der Waals surface area contributed by atoms with Crippen LogP contribution in [0.3, 0.4) is 0 Å². The van der Waals surface area contributed by atoms with E-state index in [1.807, 2.05) is 12.3 Å². The van der Waals surface area contributed by atoms with E-state index < -0.39 is 0 Å². The Balaban J connectivity index is 2.26. The van der Waals surface area contributed by atoms with Crippen molar-refractivity contribution in [1.82, 2.24) is 20.2 Å². The van der Waals surface area contributed by atoms with Gasteiger partial charge < -0.3 is 15.2 Å². The maximum Gasteiger partial charge on any atom is 0.240 e. The van der Waals surface area contributed by atoms with Crippen molar-refractivity contribution in [2.75, 3.05) is 19.6 Å². The number of hydrogen-bond acceptors (Lipinski definition) is 4. The van der Waals surface area contributed by atoms with Crippen LogP contribution >= 0.6 is 0 Å². The van der Waals surface area contributed by atoms with E-state index in [1.54, 1.807) is 10.9 Å². The number of nitrogens with zero attached hydrogens (tertiary/aromatic N) is 3. The van der Waals surface area contributed by atoms with Gasteiger partial charge in [-0.2, -0.15) is 5.26 Å². The van der Waals surface area contributed by atoms with E-state index in [0.717, 1.165) is 31.6 Å². The lowest BCUT2D eigenvalue weighted by atomic mass is 10.3. The summed E-state index contributed by atoms with van der Waals surface area (Å²) in [7, 11) is 0. The Morgan fingerprint density at radius 3 is 3.05 bits per heavy atom. The first-order valence-electron chi connectivity index (χ1n) is 6.61. The summed E-state index contributed by atoms with van der Waals surface area (Å²) in [6.45, 7) is 4.70. The van der Waals surface area contributed by atoms with Gasteiger partial charge in [-0.3, -0.25) is 4.79 Å². The number of aromatic nitrogens is 2. The largest absolute Gasteiger partial charge is 0.354 e. The van der Waals surface area contributed by atoms with Gasteiger partial charge in [0.1, 0.15) is 6.54 Å². The zero-order chi connectivity index (χ0) is 13.9. The van der Waals surface area contributed by atoms with E-state index in [2.05, 4.69) is 22.5 Å². The molecule has 0 aliphatic rings. The second-order valence-corrected chi connectivity index (χ2v) is 4.30. The maximum atomic E-state index is 11.5. The Bertz CT molecular complexity index is 421. The predicted octanol–water partition coefficient (Wildman–Crippen LogP) is 0.455. The fraction of sp³-hybridized carbons (Fsp3) is 0.615.